The van der Waals surface area contributed by atoms with E-state index in [9.17, 15) is 8.42 Å². The van der Waals surface area contributed by atoms with E-state index < -0.39 is 10.0 Å². The number of hydrogen-bond donors (Lipinski definition) is 2. The van der Waals surface area contributed by atoms with E-state index in [0.717, 1.165) is 11.3 Å². The van der Waals surface area contributed by atoms with Crippen LogP contribution in [0, 0.1) is 6.92 Å². The van der Waals surface area contributed by atoms with Gasteiger partial charge in [-0.2, -0.15) is 4.31 Å². The van der Waals surface area contributed by atoms with Crippen LogP contribution in [0.3, 0.4) is 0 Å². The predicted molar refractivity (Wildman–Crippen MR) is 76.6 cm³/mol. The van der Waals surface area contributed by atoms with Gasteiger partial charge in [0.25, 0.3) is 10.0 Å². The predicted octanol–water partition coefficient (Wildman–Crippen LogP) is 1.21. The van der Waals surface area contributed by atoms with Gasteiger partial charge >= 0.3 is 0 Å². The minimum Gasteiger partial charge on any atom is -0.395 e. The van der Waals surface area contributed by atoms with Crippen LogP contribution in [0.4, 0.5) is 5.13 Å². The van der Waals surface area contributed by atoms with Crippen LogP contribution in [0.5, 0.6) is 0 Å². The summed E-state index contributed by atoms with van der Waals surface area (Å²) in [7, 11) is -3.65. The van der Waals surface area contributed by atoms with Crippen molar-refractivity contribution >= 4 is 26.5 Å². The third-order valence-electron chi connectivity index (χ3n) is 2.98. The number of aromatic nitrogens is 1. The molecule has 0 aliphatic heterocycles. The van der Waals surface area contributed by atoms with Crippen LogP contribution in [0.2, 0.25) is 0 Å². The minimum absolute atomic E-state index is 0.0892. The fraction of sp³-hybridized carbons (Fsp3) is 0.727. The summed E-state index contributed by atoms with van der Waals surface area (Å²) in [6.45, 7) is 5.38. The van der Waals surface area contributed by atoms with Gasteiger partial charge in [-0.15, -0.1) is 0 Å². The second kappa shape index (κ2) is 6.65. The molecular weight excluding hydrogens is 286 g/mol. The maximum Gasteiger partial charge on any atom is 0.254 e. The monoisotopic (exact) mass is 307 g/mol. The highest BCUT2D eigenvalue weighted by molar-refractivity contribution is 7.91. The van der Waals surface area contributed by atoms with Crippen molar-refractivity contribution < 1.29 is 13.5 Å². The highest BCUT2D eigenvalue weighted by Crippen LogP contribution is 2.29. The molecule has 3 N–H and O–H groups in total. The van der Waals surface area contributed by atoms with Gasteiger partial charge in [-0.05, 0) is 19.8 Å². The normalized spacial score (nSPS) is 12.5. The molecule has 1 rings (SSSR count). The molecule has 0 fully saturated rings. The quantitative estimate of drug-likeness (QED) is 0.789. The summed E-state index contributed by atoms with van der Waals surface area (Å²) in [4.78, 5) is 3.96. The largest absolute Gasteiger partial charge is 0.395 e. The van der Waals surface area contributed by atoms with E-state index >= 15 is 0 Å². The second-order valence-corrected chi connectivity index (χ2v) is 7.35. The Labute approximate surface area is 118 Å². The van der Waals surface area contributed by atoms with Gasteiger partial charge in [0, 0.05) is 12.6 Å². The molecule has 0 aromatic carbocycles. The first kappa shape index (κ1) is 16.4. The Morgan fingerprint density at radius 3 is 2.37 bits per heavy atom. The van der Waals surface area contributed by atoms with Gasteiger partial charge in [0.1, 0.15) is 0 Å². The van der Waals surface area contributed by atoms with Gasteiger partial charge in [0.2, 0.25) is 0 Å². The maximum absolute atomic E-state index is 12.6. The summed E-state index contributed by atoms with van der Waals surface area (Å²) in [5, 5.41) is 9.36. The number of hydrogen-bond acceptors (Lipinski definition) is 6. The first-order valence-electron chi connectivity index (χ1n) is 6.24. The smallest absolute Gasteiger partial charge is 0.254 e. The Balaban J connectivity index is 3.23. The molecule has 0 aliphatic carbocycles. The molecule has 110 valence electrons. The SMILES string of the molecule is CCC(CC)N(CCO)S(=O)(=O)c1sc(N)nc1C. The lowest BCUT2D eigenvalue weighted by Crippen LogP contribution is -2.41. The molecule has 0 spiro atoms. The summed E-state index contributed by atoms with van der Waals surface area (Å²) in [5.41, 5.74) is 5.98. The number of rotatable bonds is 7. The molecule has 0 atom stereocenters. The highest BCUT2D eigenvalue weighted by Gasteiger charge is 2.32. The molecule has 1 heterocycles. The summed E-state index contributed by atoms with van der Waals surface area (Å²) < 4.78 is 26.8. The molecule has 0 aliphatic rings. The van der Waals surface area contributed by atoms with Crippen molar-refractivity contribution in [3.63, 3.8) is 0 Å². The van der Waals surface area contributed by atoms with Gasteiger partial charge in [0.15, 0.2) is 9.34 Å². The van der Waals surface area contributed by atoms with Crippen LogP contribution < -0.4 is 5.73 Å². The van der Waals surface area contributed by atoms with Crippen molar-refractivity contribution in [2.24, 2.45) is 0 Å². The van der Waals surface area contributed by atoms with Crippen molar-refractivity contribution in [3.05, 3.63) is 5.69 Å². The number of nitrogens with zero attached hydrogens (tertiary/aromatic N) is 2. The fourth-order valence-corrected chi connectivity index (χ4v) is 5.22. The molecule has 6 nitrogen and oxygen atoms in total. The summed E-state index contributed by atoms with van der Waals surface area (Å²) >= 11 is 0.969. The Bertz CT molecular complexity index is 509. The Hall–Kier alpha value is -0.700. The number of anilines is 1. The van der Waals surface area contributed by atoms with Crippen molar-refractivity contribution in [1.82, 2.24) is 9.29 Å². The summed E-state index contributed by atoms with van der Waals surface area (Å²) in [6, 6.07) is -0.125. The van der Waals surface area contributed by atoms with Crippen molar-refractivity contribution in [3.8, 4) is 0 Å². The molecular formula is C11H21N3O3S2. The van der Waals surface area contributed by atoms with Crippen molar-refractivity contribution in [2.45, 2.75) is 43.9 Å². The zero-order valence-electron chi connectivity index (χ0n) is 11.5. The number of nitrogens with two attached hydrogens (primary N) is 1. The lowest BCUT2D eigenvalue weighted by molar-refractivity contribution is 0.220. The van der Waals surface area contributed by atoms with Crippen LogP contribution in [-0.2, 0) is 10.0 Å². The Morgan fingerprint density at radius 1 is 1.42 bits per heavy atom. The number of aliphatic hydroxyl groups excluding tert-OH is 1. The Kier molecular flexibility index (Phi) is 5.72. The third-order valence-corrected chi connectivity index (χ3v) is 6.51. The molecule has 0 amide bonds. The number of nitrogen functional groups attached to an aromatic ring is 1. The first-order chi connectivity index (χ1) is 8.88. The van der Waals surface area contributed by atoms with Gasteiger partial charge in [-0.25, -0.2) is 13.4 Å². The molecule has 0 radical (unpaired) electrons. The molecule has 1 aromatic rings. The minimum atomic E-state index is -3.65. The van der Waals surface area contributed by atoms with E-state index in [0.29, 0.717) is 18.5 Å². The molecule has 0 bridgehead atoms. The number of sulfonamides is 1. The first-order valence-corrected chi connectivity index (χ1v) is 8.49. The topological polar surface area (TPSA) is 96.5 Å². The van der Waals surface area contributed by atoms with E-state index in [2.05, 4.69) is 4.98 Å². The average molecular weight is 307 g/mol. The third kappa shape index (κ3) is 3.44. The lowest BCUT2D eigenvalue weighted by Gasteiger charge is -2.28. The lowest BCUT2D eigenvalue weighted by atomic mass is 10.2. The van der Waals surface area contributed by atoms with Crippen LogP contribution in [-0.4, -0.2) is 42.0 Å². The molecule has 1 aromatic heterocycles. The molecule has 0 saturated carbocycles. The van der Waals surface area contributed by atoms with Gasteiger partial charge in [0.05, 0.1) is 12.3 Å². The van der Waals surface area contributed by atoms with Crippen LogP contribution in [0.15, 0.2) is 4.21 Å². The molecule has 0 saturated heterocycles. The number of aryl methyl sites for hydroxylation is 1. The number of aliphatic hydroxyl groups is 1. The molecule has 0 unspecified atom stereocenters. The fourth-order valence-electron chi connectivity index (χ4n) is 2.04. The molecule has 19 heavy (non-hydrogen) atoms. The van der Waals surface area contributed by atoms with E-state index in [1.165, 1.54) is 4.31 Å². The summed E-state index contributed by atoms with van der Waals surface area (Å²) in [6.07, 6.45) is 1.39. The number of thiazole rings is 1. The molecule has 8 heteroatoms. The highest BCUT2D eigenvalue weighted by atomic mass is 32.2. The van der Waals surface area contributed by atoms with E-state index in [1.54, 1.807) is 6.92 Å². The van der Waals surface area contributed by atoms with Crippen LogP contribution in [0.1, 0.15) is 32.4 Å². The van der Waals surface area contributed by atoms with E-state index in [1.807, 2.05) is 13.8 Å². The van der Waals surface area contributed by atoms with Crippen LogP contribution in [0.25, 0.3) is 0 Å². The van der Waals surface area contributed by atoms with E-state index in [4.69, 9.17) is 10.8 Å². The standard InChI is InChI=1S/C11H21N3O3S2/c1-4-9(5-2)14(6-7-15)19(16,17)10-8(3)13-11(12)18-10/h9,15H,4-7H2,1-3H3,(H2,12,13). The van der Waals surface area contributed by atoms with Gasteiger partial charge < -0.3 is 10.8 Å². The van der Waals surface area contributed by atoms with Crippen LogP contribution >= 0.6 is 11.3 Å². The van der Waals surface area contributed by atoms with Crippen molar-refractivity contribution in [1.29, 1.82) is 0 Å². The maximum atomic E-state index is 12.6. The summed E-state index contributed by atoms with van der Waals surface area (Å²) in [5.74, 6) is 0. The van der Waals surface area contributed by atoms with E-state index in [-0.39, 0.29) is 28.5 Å². The second-order valence-electron chi connectivity index (χ2n) is 4.23. The Morgan fingerprint density at radius 2 is 2.00 bits per heavy atom. The average Bonchev–Trinajstić information content (AvgIpc) is 2.69. The van der Waals surface area contributed by atoms with Gasteiger partial charge in [-0.3, -0.25) is 0 Å². The van der Waals surface area contributed by atoms with Crippen molar-refractivity contribution in [2.75, 3.05) is 18.9 Å². The zero-order chi connectivity index (χ0) is 14.6. The zero-order valence-corrected chi connectivity index (χ0v) is 13.1. The van der Waals surface area contributed by atoms with Gasteiger partial charge in [-0.1, -0.05) is 25.2 Å².